The smallest absolute Gasteiger partial charge is 0.246 e. The standard InChI is InChI=1S/C12H21NO2/c1-5-6-7-8-9-13-11(14)10-15-12(2,3)4/h1H,6-10H2,2-4H3,(H,13,14). The average molecular weight is 211 g/mol. The van der Waals surface area contributed by atoms with Gasteiger partial charge in [0, 0.05) is 13.0 Å². The van der Waals surface area contributed by atoms with Crippen molar-refractivity contribution in [2.24, 2.45) is 0 Å². The summed E-state index contributed by atoms with van der Waals surface area (Å²) in [5.74, 6) is 2.50. The van der Waals surface area contributed by atoms with Gasteiger partial charge < -0.3 is 10.1 Å². The van der Waals surface area contributed by atoms with Gasteiger partial charge in [-0.3, -0.25) is 4.79 Å². The van der Waals surface area contributed by atoms with Gasteiger partial charge in [0.25, 0.3) is 0 Å². The summed E-state index contributed by atoms with van der Waals surface area (Å²) in [5.41, 5.74) is -0.263. The summed E-state index contributed by atoms with van der Waals surface area (Å²) in [5, 5.41) is 2.78. The summed E-state index contributed by atoms with van der Waals surface area (Å²) < 4.78 is 5.32. The van der Waals surface area contributed by atoms with E-state index in [9.17, 15) is 4.79 Å². The van der Waals surface area contributed by atoms with Gasteiger partial charge in [0.05, 0.1) is 5.60 Å². The van der Waals surface area contributed by atoms with Crippen molar-refractivity contribution in [1.29, 1.82) is 0 Å². The van der Waals surface area contributed by atoms with E-state index in [0.29, 0.717) is 6.54 Å². The van der Waals surface area contributed by atoms with Crippen molar-refractivity contribution in [1.82, 2.24) is 5.32 Å². The lowest BCUT2D eigenvalue weighted by Gasteiger charge is -2.18. The number of terminal acetylenes is 1. The molecule has 0 spiro atoms. The number of hydrogen-bond acceptors (Lipinski definition) is 2. The van der Waals surface area contributed by atoms with E-state index in [1.807, 2.05) is 20.8 Å². The molecular weight excluding hydrogens is 190 g/mol. The van der Waals surface area contributed by atoms with Crippen LogP contribution in [0.1, 0.15) is 40.0 Å². The van der Waals surface area contributed by atoms with Gasteiger partial charge in [-0.15, -0.1) is 12.3 Å². The molecule has 0 aliphatic rings. The number of rotatable bonds is 6. The van der Waals surface area contributed by atoms with Crippen LogP contribution in [0, 0.1) is 12.3 Å². The number of carbonyl (C=O) groups is 1. The van der Waals surface area contributed by atoms with Crippen molar-refractivity contribution in [3.05, 3.63) is 0 Å². The normalized spacial score (nSPS) is 10.8. The molecule has 15 heavy (non-hydrogen) atoms. The second-order valence-corrected chi connectivity index (χ2v) is 4.41. The zero-order valence-corrected chi connectivity index (χ0v) is 9.93. The van der Waals surface area contributed by atoms with Crippen LogP contribution in [0.3, 0.4) is 0 Å². The fourth-order valence-corrected chi connectivity index (χ4v) is 0.913. The summed E-state index contributed by atoms with van der Waals surface area (Å²) in [6, 6.07) is 0. The number of unbranched alkanes of at least 4 members (excludes halogenated alkanes) is 2. The SMILES string of the molecule is C#CCCCCNC(=O)COC(C)(C)C. The average Bonchev–Trinajstić information content (AvgIpc) is 2.13. The molecule has 0 aliphatic carbocycles. The maximum absolute atomic E-state index is 11.2. The van der Waals surface area contributed by atoms with Gasteiger partial charge in [0.15, 0.2) is 0 Å². The Kier molecular flexibility index (Phi) is 6.81. The topological polar surface area (TPSA) is 38.3 Å². The molecule has 0 fully saturated rings. The number of carbonyl (C=O) groups excluding carboxylic acids is 1. The highest BCUT2D eigenvalue weighted by molar-refractivity contribution is 5.77. The lowest BCUT2D eigenvalue weighted by Crippen LogP contribution is -2.32. The van der Waals surface area contributed by atoms with E-state index in [1.165, 1.54) is 0 Å². The highest BCUT2D eigenvalue weighted by Gasteiger charge is 2.12. The van der Waals surface area contributed by atoms with Gasteiger partial charge in [-0.2, -0.15) is 0 Å². The quantitative estimate of drug-likeness (QED) is 0.536. The minimum Gasteiger partial charge on any atom is -0.366 e. The number of ether oxygens (including phenoxy) is 1. The number of amides is 1. The molecule has 0 aromatic heterocycles. The summed E-state index contributed by atoms with van der Waals surface area (Å²) >= 11 is 0. The molecule has 0 aromatic carbocycles. The molecule has 0 saturated heterocycles. The molecule has 0 radical (unpaired) electrons. The molecule has 0 atom stereocenters. The Morgan fingerprint density at radius 1 is 1.40 bits per heavy atom. The first kappa shape index (κ1) is 14.0. The fourth-order valence-electron chi connectivity index (χ4n) is 0.913. The van der Waals surface area contributed by atoms with E-state index in [1.54, 1.807) is 0 Å². The highest BCUT2D eigenvalue weighted by Crippen LogP contribution is 2.05. The highest BCUT2D eigenvalue weighted by atomic mass is 16.5. The third kappa shape index (κ3) is 10.9. The second-order valence-electron chi connectivity index (χ2n) is 4.41. The van der Waals surface area contributed by atoms with Crippen LogP contribution < -0.4 is 5.32 Å². The molecule has 3 nitrogen and oxygen atoms in total. The molecule has 0 aromatic rings. The molecule has 0 heterocycles. The monoisotopic (exact) mass is 211 g/mol. The van der Waals surface area contributed by atoms with E-state index in [0.717, 1.165) is 19.3 Å². The lowest BCUT2D eigenvalue weighted by molar-refractivity contribution is -0.130. The Morgan fingerprint density at radius 2 is 2.07 bits per heavy atom. The van der Waals surface area contributed by atoms with Crippen LogP contribution in [0.25, 0.3) is 0 Å². The second kappa shape index (κ2) is 7.30. The minimum atomic E-state index is -0.263. The Morgan fingerprint density at radius 3 is 2.60 bits per heavy atom. The molecule has 1 N–H and O–H groups in total. The Balaban J connectivity index is 3.39. The summed E-state index contributed by atoms with van der Waals surface area (Å²) in [7, 11) is 0. The van der Waals surface area contributed by atoms with Gasteiger partial charge in [-0.25, -0.2) is 0 Å². The van der Waals surface area contributed by atoms with E-state index < -0.39 is 0 Å². The largest absolute Gasteiger partial charge is 0.366 e. The lowest BCUT2D eigenvalue weighted by atomic mass is 10.2. The van der Waals surface area contributed by atoms with Crippen LogP contribution in [-0.4, -0.2) is 24.7 Å². The van der Waals surface area contributed by atoms with E-state index >= 15 is 0 Å². The van der Waals surface area contributed by atoms with Gasteiger partial charge >= 0.3 is 0 Å². The van der Waals surface area contributed by atoms with Crippen molar-refractivity contribution < 1.29 is 9.53 Å². The first-order valence-corrected chi connectivity index (χ1v) is 5.30. The van der Waals surface area contributed by atoms with Crippen molar-refractivity contribution >= 4 is 5.91 Å². The van der Waals surface area contributed by atoms with Gasteiger partial charge in [-0.05, 0) is 33.6 Å². The van der Waals surface area contributed by atoms with Crippen molar-refractivity contribution in [2.45, 2.75) is 45.6 Å². The Hall–Kier alpha value is -1.01. The molecule has 0 unspecified atom stereocenters. The van der Waals surface area contributed by atoms with Crippen LogP contribution >= 0.6 is 0 Å². The predicted octanol–water partition coefficient (Wildman–Crippen LogP) is 1.72. The molecule has 0 bridgehead atoms. The molecule has 0 saturated carbocycles. The molecule has 0 rings (SSSR count). The zero-order chi connectivity index (χ0) is 11.7. The molecule has 1 amide bonds. The summed E-state index contributed by atoms with van der Waals surface area (Å²) in [6.07, 6.45) is 7.76. The van der Waals surface area contributed by atoms with Crippen molar-refractivity contribution in [2.75, 3.05) is 13.2 Å². The minimum absolute atomic E-state index is 0.0642. The third-order valence-corrected chi connectivity index (χ3v) is 1.71. The fraction of sp³-hybridized carbons (Fsp3) is 0.750. The third-order valence-electron chi connectivity index (χ3n) is 1.71. The molecule has 0 aliphatic heterocycles. The zero-order valence-electron chi connectivity index (χ0n) is 9.93. The molecule has 86 valence electrons. The van der Waals surface area contributed by atoms with E-state index in [4.69, 9.17) is 11.2 Å². The van der Waals surface area contributed by atoms with E-state index in [2.05, 4.69) is 11.2 Å². The van der Waals surface area contributed by atoms with E-state index in [-0.39, 0.29) is 18.1 Å². The Labute approximate surface area is 92.6 Å². The predicted molar refractivity (Wildman–Crippen MR) is 61.4 cm³/mol. The molecule has 3 heteroatoms. The summed E-state index contributed by atoms with van der Waals surface area (Å²) in [6.45, 7) is 6.57. The van der Waals surface area contributed by atoms with Crippen LogP contribution in [-0.2, 0) is 9.53 Å². The number of nitrogens with one attached hydrogen (secondary N) is 1. The summed E-state index contributed by atoms with van der Waals surface area (Å²) in [4.78, 5) is 11.2. The van der Waals surface area contributed by atoms with Gasteiger partial charge in [-0.1, -0.05) is 0 Å². The van der Waals surface area contributed by atoms with Crippen molar-refractivity contribution in [3.8, 4) is 12.3 Å². The Bertz CT molecular complexity index is 223. The van der Waals surface area contributed by atoms with Crippen LogP contribution in [0.15, 0.2) is 0 Å². The first-order chi connectivity index (χ1) is 6.95. The maximum Gasteiger partial charge on any atom is 0.246 e. The number of hydrogen-bond donors (Lipinski definition) is 1. The van der Waals surface area contributed by atoms with Crippen molar-refractivity contribution in [3.63, 3.8) is 0 Å². The molecular formula is C12H21NO2. The van der Waals surface area contributed by atoms with Crippen LogP contribution in [0.2, 0.25) is 0 Å². The van der Waals surface area contributed by atoms with Gasteiger partial charge in [0.2, 0.25) is 5.91 Å². The van der Waals surface area contributed by atoms with Crippen LogP contribution in [0.5, 0.6) is 0 Å². The maximum atomic E-state index is 11.2. The van der Waals surface area contributed by atoms with Gasteiger partial charge in [0.1, 0.15) is 6.61 Å². The first-order valence-electron chi connectivity index (χ1n) is 5.30. The van der Waals surface area contributed by atoms with Crippen LogP contribution in [0.4, 0.5) is 0 Å².